The Morgan fingerprint density at radius 3 is 1.50 bits per heavy atom. The van der Waals surface area contributed by atoms with Crippen LogP contribution in [-0.2, 0) is 9.47 Å². The molecule has 0 aromatic rings. The Morgan fingerprint density at radius 2 is 1.07 bits per heavy atom. The number of hydrogen-bond acceptors (Lipinski definition) is 2. The van der Waals surface area contributed by atoms with E-state index in [1.54, 1.807) is 0 Å². The van der Waals surface area contributed by atoms with Crippen molar-refractivity contribution in [2.45, 2.75) is 98.2 Å². The Kier molecular flexibility index (Phi) is 21.3. The summed E-state index contributed by atoms with van der Waals surface area (Å²) in [6.45, 7) is 10.2. The van der Waals surface area contributed by atoms with Crippen molar-refractivity contribution >= 4 is 0 Å². The zero-order valence-electron chi connectivity index (χ0n) is 19.1. The summed E-state index contributed by atoms with van der Waals surface area (Å²) in [5, 5.41) is 0. The summed E-state index contributed by atoms with van der Waals surface area (Å²) in [6.07, 6.45) is 29.0. The number of rotatable bonds is 19. The third-order valence-electron chi connectivity index (χ3n) is 4.40. The van der Waals surface area contributed by atoms with Crippen molar-refractivity contribution < 1.29 is 9.47 Å². The summed E-state index contributed by atoms with van der Waals surface area (Å²) < 4.78 is 11.9. The fourth-order valence-corrected chi connectivity index (χ4v) is 2.57. The zero-order valence-corrected chi connectivity index (χ0v) is 19.1. The molecule has 0 spiro atoms. The zero-order chi connectivity index (χ0) is 20.7. The van der Waals surface area contributed by atoms with Crippen LogP contribution in [0.5, 0.6) is 0 Å². The maximum Gasteiger partial charge on any atom is 0.158 e. The van der Waals surface area contributed by atoms with Gasteiger partial charge >= 0.3 is 0 Å². The number of allylic oxidation sites excluding steroid dienone is 6. The third-order valence-corrected chi connectivity index (χ3v) is 4.40. The fourth-order valence-electron chi connectivity index (χ4n) is 2.57. The molecule has 0 radical (unpaired) electrons. The van der Waals surface area contributed by atoms with E-state index in [0.717, 1.165) is 25.7 Å². The smallest absolute Gasteiger partial charge is 0.158 e. The van der Waals surface area contributed by atoms with Gasteiger partial charge in [0, 0.05) is 0 Å². The molecule has 2 heteroatoms. The molecular formula is C26H46O2. The van der Waals surface area contributed by atoms with Gasteiger partial charge in [-0.3, -0.25) is 0 Å². The monoisotopic (exact) mass is 390 g/mol. The molecule has 0 bridgehead atoms. The van der Waals surface area contributed by atoms with E-state index in [4.69, 9.17) is 9.47 Å². The number of unbranched alkanes of at least 4 members (excludes halogenated alkanes) is 4. The largest absolute Gasteiger partial charge is 0.349 e. The molecule has 0 saturated carbocycles. The minimum Gasteiger partial charge on any atom is -0.349 e. The molecule has 0 fully saturated rings. The molecule has 0 aliphatic rings. The highest BCUT2D eigenvalue weighted by Crippen LogP contribution is 2.11. The quantitative estimate of drug-likeness (QED) is 0.126. The van der Waals surface area contributed by atoms with Crippen molar-refractivity contribution in [1.82, 2.24) is 0 Å². The summed E-state index contributed by atoms with van der Waals surface area (Å²) in [4.78, 5) is 0. The van der Waals surface area contributed by atoms with Crippen molar-refractivity contribution in [2.24, 2.45) is 5.92 Å². The molecule has 0 heterocycles. The van der Waals surface area contributed by atoms with Crippen LogP contribution in [0.25, 0.3) is 0 Å². The van der Waals surface area contributed by atoms with Crippen LogP contribution in [0.1, 0.15) is 91.9 Å². The second-order valence-corrected chi connectivity index (χ2v) is 7.71. The van der Waals surface area contributed by atoms with Crippen LogP contribution >= 0.6 is 0 Å². The van der Waals surface area contributed by atoms with E-state index in [-0.39, 0.29) is 6.29 Å². The standard InChI is InChI=1S/C26H46O2/c1-5-7-9-11-13-15-17-19-23-27-26(22-21-25(3)4)28-24-20-18-16-14-12-10-8-6-2/h11-14,17-20,25-26H,5-10,15-16,21-24H2,1-4H3/b13-11-,14-12-,19-17-,20-18-. The molecular weight excluding hydrogens is 344 g/mol. The molecule has 0 aromatic carbocycles. The Labute approximate surface area is 175 Å². The lowest BCUT2D eigenvalue weighted by Crippen LogP contribution is -2.18. The van der Waals surface area contributed by atoms with Gasteiger partial charge < -0.3 is 9.47 Å². The highest BCUT2D eigenvalue weighted by atomic mass is 16.7. The first-order valence-electron chi connectivity index (χ1n) is 11.5. The molecule has 0 saturated heterocycles. The van der Waals surface area contributed by atoms with E-state index in [1.165, 1.54) is 38.5 Å². The molecule has 28 heavy (non-hydrogen) atoms. The summed E-state index contributed by atoms with van der Waals surface area (Å²) >= 11 is 0. The molecule has 162 valence electrons. The highest BCUT2D eigenvalue weighted by molar-refractivity contribution is 4.93. The van der Waals surface area contributed by atoms with Crippen molar-refractivity contribution in [3.8, 4) is 0 Å². The van der Waals surface area contributed by atoms with Crippen molar-refractivity contribution in [1.29, 1.82) is 0 Å². The fraction of sp³-hybridized carbons (Fsp3) is 0.692. The van der Waals surface area contributed by atoms with Gasteiger partial charge in [0.1, 0.15) is 0 Å². The number of ether oxygens (including phenoxy) is 2. The van der Waals surface area contributed by atoms with Gasteiger partial charge in [0.2, 0.25) is 0 Å². The van der Waals surface area contributed by atoms with Crippen LogP contribution in [0.3, 0.4) is 0 Å². The predicted octanol–water partition coefficient (Wildman–Crippen LogP) is 8.17. The molecule has 0 rings (SSSR count). The van der Waals surface area contributed by atoms with Crippen LogP contribution in [-0.4, -0.2) is 19.5 Å². The molecule has 0 unspecified atom stereocenters. The molecule has 0 aromatic heterocycles. The van der Waals surface area contributed by atoms with Crippen LogP contribution < -0.4 is 0 Å². The number of hydrogen-bond donors (Lipinski definition) is 0. The van der Waals surface area contributed by atoms with E-state index >= 15 is 0 Å². The van der Waals surface area contributed by atoms with Gasteiger partial charge in [-0.05, 0) is 44.4 Å². The third kappa shape index (κ3) is 21.2. The summed E-state index contributed by atoms with van der Waals surface area (Å²) in [6, 6.07) is 0. The van der Waals surface area contributed by atoms with E-state index in [2.05, 4.69) is 76.3 Å². The Morgan fingerprint density at radius 1 is 0.607 bits per heavy atom. The predicted molar refractivity (Wildman–Crippen MR) is 125 cm³/mol. The lowest BCUT2D eigenvalue weighted by atomic mass is 10.1. The Bertz CT molecular complexity index is 384. The topological polar surface area (TPSA) is 18.5 Å². The summed E-state index contributed by atoms with van der Waals surface area (Å²) in [5.41, 5.74) is 0. The second-order valence-electron chi connectivity index (χ2n) is 7.71. The molecule has 0 N–H and O–H groups in total. The van der Waals surface area contributed by atoms with Crippen LogP contribution in [0.2, 0.25) is 0 Å². The lowest BCUT2D eigenvalue weighted by molar-refractivity contribution is -0.132. The van der Waals surface area contributed by atoms with Crippen LogP contribution in [0.15, 0.2) is 48.6 Å². The first kappa shape index (κ1) is 26.9. The maximum absolute atomic E-state index is 5.93. The van der Waals surface area contributed by atoms with Gasteiger partial charge in [0.25, 0.3) is 0 Å². The van der Waals surface area contributed by atoms with E-state index in [9.17, 15) is 0 Å². The minimum absolute atomic E-state index is 0.114. The minimum atomic E-state index is -0.114. The van der Waals surface area contributed by atoms with Gasteiger partial charge in [0.15, 0.2) is 6.29 Å². The average molecular weight is 391 g/mol. The lowest BCUT2D eigenvalue weighted by Gasteiger charge is -2.18. The second kappa shape index (κ2) is 22.2. The average Bonchev–Trinajstić information content (AvgIpc) is 2.68. The molecule has 0 atom stereocenters. The Hall–Kier alpha value is -1.12. The van der Waals surface area contributed by atoms with E-state index in [1.807, 2.05) is 0 Å². The molecule has 0 amide bonds. The maximum atomic E-state index is 5.93. The van der Waals surface area contributed by atoms with Crippen molar-refractivity contribution in [3.63, 3.8) is 0 Å². The van der Waals surface area contributed by atoms with E-state index in [0.29, 0.717) is 19.1 Å². The van der Waals surface area contributed by atoms with Gasteiger partial charge in [0.05, 0.1) is 13.2 Å². The Balaban J connectivity index is 4.01. The molecule has 0 aliphatic carbocycles. The summed E-state index contributed by atoms with van der Waals surface area (Å²) in [5.74, 6) is 0.669. The van der Waals surface area contributed by atoms with Crippen molar-refractivity contribution in [3.05, 3.63) is 48.6 Å². The van der Waals surface area contributed by atoms with Gasteiger partial charge in [-0.1, -0.05) is 102 Å². The van der Waals surface area contributed by atoms with Crippen LogP contribution in [0, 0.1) is 5.92 Å². The molecule has 2 nitrogen and oxygen atoms in total. The van der Waals surface area contributed by atoms with Crippen LogP contribution in [0.4, 0.5) is 0 Å². The normalized spacial score (nSPS) is 12.9. The first-order valence-corrected chi connectivity index (χ1v) is 11.5. The summed E-state index contributed by atoms with van der Waals surface area (Å²) in [7, 11) is 0. The van der Waals surface area contributed by atoms with E-state index < -0.39 is 0 Å². The SMILES string of the molecule is CCCC/C=C\C/C=C\COC(CCC(C)C)OC/C=C\C/C=C\CCCC. The first-order chi connectivity index (χ1) is 13.7. The van der Waals surface area contributed by atoms with Gasteiger partial charge in [-0.2, -0.15) is 0 Å². The van der Waals surface area contributed by atoms with Gasteiger partial charge in [-0.25, -0.2) is 0 Å². The highest BCUT2D eigenvalue weighted by Gasteiger charge is 2.09. The van der Waals surface area contributed by atoms with Crippen molar-refractivity contribution in [2.75, 3.05) is 13.2 Å². The van der Waals surface area contributed by atoms with Gasteiger partial charge in [-0.15, -0.1) is 0 Å². The molecule has 0 aliphatic heterocycles.